The molecule has 2 N–H and O–H groups in total. The van der Waals surface area contributed by atoms with Gasteiger partial charge in [0, 0.05) is 23.1 Å². The minimum atomic E-state index is -3.28. The molecule has 0 saturated heterocycles. The van der Waals surface area contributed by atoms with Crippen molar-refractivity contribution in [2.24, 2.45) is 0 Å². The van der Waals surface area contributed by atoms with Gasteiger partial charge in [0.05, 0.1) is 5.75 Å². The number of sulfonamides is 1. The second-order valence-electron chi connectivity index (χ2n) is 5.54. The molecule has 0 amide bonds. The van der Waals surface area contributed by atoms with Crippen LogP contribution < -0.4 is 19.5 Å². The first-order valence-corrected chi connectivity index (χ1v) is 9.48. The molecule has 1 heterocycles. The van der Waals surface area contributed by atoms with Gasteiger partial charge in [0.25, 0.3) is 0 Å². The number of nitrogens with one attached hydrogen (secondary N) is 2. The highest BCUT2D eigenvalue weighted by atomic mass is 32.2. The van der Waals surface area contributed by atoms with Gasteiger partial charge >= 0.3 is 0 Å². The summed E-state index contributed by atoms with van der Waals surface area (Å²) >= 11 is 0. The molecule has 0 fully saturated rings. The van der Waals surface area contributed by atoms with E-state index in [-0.39, 0.29) is 12.5 Å². The van der Waals surface area contributed by atoms with Crippen molar-refractivity contribution in [2.45, 2.75) is 19.8 Å². The number of anilines is 3. The largest absolute Gasteiger partial charge is 0.454 e. The van der Waals surface area contributed by atoms with Crippen molar-refractivity contribution in [3.8, 4) is 11.5 Å². The number of unbranched alkanes of at least 4 members (excludes halogenated alkanes) is 1. The molecule has 0 spiro atoms. The van der Waals surface area contributed by atoms with Gasteiger partial charge in [-0.05, 0) is 42.8 Å². The summed E-state index contributed by atoms with van der Waals surface area (Å²) in [5, 5.41) is 3.25. The quantitative estimate of drug-likeness (QED) is 0.798. The molecule has 0 aromatic heterocycles. The van der Waals surface area contributed by atoms with Crippen LogP contribution in [0.25, 0.3) is 0 Å². The molecule has 24 heavy (non-hydrogen) atoms. The highest BCUT2D eigenvalue weighted by molar-refractivity contribution is 7.92. The second kappa shape index (κ2) is 7.00. The fourth-order valence-electron chi connectivity index (χ4n) is 2.33. The maximum absolute atomic E-state index is 11.9. The highest BCUT2D eigenvalue weighted by Gasteiger charge is 2.13. The minimum absolute atomic E-state index is 0.140. The second-order valence-corrected chi connectivity index (χ2v) is 7.39. The lowest BCUT2D eigenvalue weighted by Gasteiger charge is -2.10. The fourth-order valence-corrected chi connectivity index (χ4v) is 3.59. The lowest BCUT2D eigenvalue weighted by molar-refractivity contribution is 0.174. The van der Waals surface area contributed by atoms with E-state index in [1.165, 1.54) is 0 Å². The predicted octanol–water partition coefficient (Wildman–Crippen LogP) is 3.70. The topological polar surface area (TPSA) is 76.7 Å². The first-order valence-electron chi connectivity index (χ1n) is 7.83. The Morgan fingerprint density at radius 1 is 0.958 bits per heavy atom. The van der Waals surface area contributed by atoms with Gasteiger partial charge in [0.1, 0.15) is 0 Å². The summed E-state index contributed by atoms with van der Waals surface area (Å²) < 4.78 is 37.0. The average Bonchev–Trinajstić information content (AvgIpc) is 3.02. The Hall–Kier alpha value is -2.41. The van der Waals surface area contributed by atoms with E-state index < -0.39 is 10.0 Å². The molecule has 0 saturated carbocycles. The van der Waals surface area contributed by atoms with Crippen LogP contribution in [0.3, 0.4) is 0 Å². The molecule has 0 bridgehead atoms. The number of ether oxygens (including phenoxy) is 2. The smallest absolute Gasteiger partial charge is 0.232 e. The van der Waals surface area contributed by atoms with Gasteiger partial charge in [-0.3, -0.25) is 4.72 Å². The number of benzene rings is 2. The van der Waals surface area contributed by atoms with E-state index in [0.29, 0.717) is 17.9 Å². The van der Waals surface area contributed by atoms with Gasteiger partial charge in [-0.1, -0.05) is 13.3 Å². The summed E-state index contributed by atoms with van der Waals surface area (Å²) in [5.41, 5.74) is 2.28. The molecule has 1 aliphatic heterocycles. The SMILES string of the molecule is CCCCS(=O)(=O)Nc1ccc(Nc2ccc3c(c2)OCO3)cc1. The van der Waals surface area contributed by atoms with E-state index in [0.717, 1.165) is 23.5 Å². The van der Waals surface area contributed by atoms with E-state index in [1.807, 2.05) is 37.3 Å². The van der Waals surface area contributed by atoms with Crippen LogP contribution in [0.5, 0.6) is 11.5 Å². The molecule has 7 heteroatoms. The molecule has 0 atom stereocenters. The predicted molar refractivity (Wildman–Crippen MR) is 94.6 cm³/mol. The number of hydrogen-bond donors (Lipinski definition) is 2. The van der Waals surface area contributed by atoms with Gasteiger partial charge < -0.3 is 14.8 Å². The third-order valence-corrected chi connectivity index (χ3v) is 4.96. The highest BCUT2D eigenvalue weighted by Crippen LogP contribution is 2.35. The van der Waals surface area contributed by atoms with Crippen LogP contribution in [0.1, 0.15) is 19.8 Å². The van der Waals surface area contributed by atoms with E-state index in [1.54, 1.807) is 12.1 Å². The Labute approximate surface area is 141 Å². The molecular weight excluding hydrogens is 328 g/mol. The van der Waals surface area contributed by atoms with Gasteiger partial charge in [-0.2, -0.15) is 0 Å². The van der Waals surface area contributed by atoms with Gasteiger partial charge in [0.15, 0.2) is 11.5 Å². The van der Waals surface area contributed by atoms with E-state index in [2.05, 4.69) is 10.0 Å². The van der Waals surface area contributed by atoms with Crippen LogP contribution >= 0.6 is 0 Å². The molecular formula is C17H20N2O4S. The van der Waals surface area contributed by atoms with Crippen molar-refractivity contribution in [1.82, 2.24) is 0 Å². The summed E-state index contributed by atoms with van der Waals surface area (Å²) in [6.07, 6.45) is 1.50. The summed E-state index contributed by atoms with van der Waals surface area (Å²) in [4.78, 5) is 0. The number of rotatable bonds is 7. The zero-order chi connectivity index (χ0) is 17.0. The zero-order valence-electron chi connectivity index (χ0n) is 13.4. The molecule has 1 aliphatic rings. The Kier molecular flexibility index (Phi) is 4.80. The monoisotopic (exact) mass is 348 g/mol. The molecule has 0 aliphatic carbocycles. The van der Waals surface area contributed by atoms with Crippen molar-refractivity contribution in [2.75, 3.05) is 22.6 Å². The molecule has 6 nitrogen and oxygen atoms in total. The Morgan fingerprint density at radius 2 is 1.62 bits per heavy atom. The van der Waals surface area contributed by atoms with Crippen LogP contribution in [0, 0.1) is 0 Å². The normalized spacial score (nSPS) is 12.9. The number of hydrogen-bond acceptors (Lipinski definition) is 5. The van der Waals surface area contributed by atoms with Gasteiger partial charge in [0.2, 0.25) is 16.8 Å². The molecule has 0 radical (unpaired) electrons. The maximum atomic E-state index is 11.9. The summed E-state index contributed by atoms with van der Waals surface area (Å²) in [5.74, 6) is 1.58. The first kappa shape index (κ1) is 16.4. The lowest BCUT2D eigenvalue weighted by atomic mass is 10.2. The van der Waals surface area contributed by atoms with Crippen molar-refractivity contribution in [1.29, 1.82) is 0 Å². The van der Waals surface area contributed by atoms with Crippen LogP contribution in [0.4, 0.5) is 17.1 Å². The maximum Gasteiger partial charge on any atom is 0.232 e. The van der Waals surface area contributed by atoms with E-state index in [4.69, 9.17) is 9.47 Å². The Morgan fingerprint density at radius 3 is 2.38 bits per heavy atom. The standard InChI is InChI=1S/C17H20N2O4S/c1-2-3-10-24(20,21)19-14-6-4-13(5-7-14)18-15-8-9-16-17(11-15)23-12-22-16/h4-9,11,18-19H,2-3,10,12H2,1H3. The van der Waals surface area contributed by atoms with E-state index in [9.17, 15) is 8.42 Å². The summed E-state index contributed by atoms with van der Waals surface area (Å²) in [7, 11) is -3.28. The minimum Gasteiger partial charge on any atom is -0.454 e. The molecule has 3 rings (SSSR count). The van der Waals surface area contributed by atoms with Crippen molar-refractivity contribution >= 4 is 27.1 Å². The van der Waals surface area contributed by atoms with Crippen molar-refractivity contribution < 1.29 is 17.9 Å². The third kappa shape index (κ3) is 4.11. The Bertz CT molecular complexity index is 804. The molecule has 128 valence electrons. The third-order valence-electron chi connectivity index (χ3n) is 3.59. The van der Waals surface area contributed by atoms with Crippen LogP contribution in [0.2, 0.25) is 0 Å². The molecule has 0 unspecified atom stereocenters. The van der Waals surface area contributed by atoms with Crippen molar-refractivity contribution in [3.63, 3.8) is 0 Å². The number of fused-ring (bicyclic) bond motifs is 1. The van der Waals surface area contributed by atoms with E-state index >= 15 is 0 Å². The van der Waals surface area contributed by atoms with Gasteiger partial charge in [-0.15, -0.1) is 0 Å². The summed E-state index contributed by atoms with van der Waals surface area (Å²) in [6, 6.07) is 12.7. The summed E-state index contributed by atoms with van der Waals surface area (Å²) in [6.45, 7) is 2.21. The van der Waals surface area contributed by atoms with Gasteiger partial charge in [-0.25, -0.2) is 8.42 Å². The molecule has 2 aromatic carbocycles. The first-order chi connectivity index (χ1) is 11.6. The van der Waals surface area contributed by atoms with Crippen LogP contribution in [-0.4, -0.2) is 21.0 Å². The molecule has 2 aromatic rings. The zero-order valence-corrected chi connectivity index (χ0v) is 14.2. The van der Waals surface area contributed by atoms with Crippen LogP contribution in [0.15, 0.2) is 42.5 Å². The average molecular weight is 348 g/mol. The van der Waals surface area contributed by atoms with Crippen molar-refractivity contribution in [3.05, 3.63) is 42.5 Å². The lowest BCUT2D eigenvalue weighted by Crippen LogP contribution is -2.16. The Balaban J connectivity index is 1.64. The van der Waals surface area contributed by atoms with Crippen LogP contribution in [-0.2, 0) is 10.0 Å². The fraction of sp³-hybridized carbons (Fsp3) is 0.294.